The van der Waals surface area contributed by atoms with Gasteiger partial charge in [0.15, 0.2) is 0 Å². The Hall–Kier alpha value is -4.82. The zero-order chi connectivity index (χ0) is 25.2. The first-order valence-corrected chi connectivity index (χ1v) is 12.6. The summed E-state index contributed by atoms with van der Waals surface area (Å²) in [7, 11) is 0. The third kappa shape index (κ3) is 4.34. The fourth-order valence-corrected chi connectivity index (χ4v) is 5.20. The number of hydrogen-bond donors (Lipinski definition) is 0. The summed E-state index contributed by atoms with van der Waals surface area (Å²) in [6.07, 6.45) is 4.35. The van der Waals surface area contributed by atoms with Crippen LogP contribution in [0.3, 0.4) is 0 Å². The first kappa shape index (κ1) is 22.6. The quantitative estimate of drug-likeness (QED) is 0.131. The van der Waals surface area contributed by atoms with Crippen LogP contribution < -0.4 is 0 Å². The van der Waals surface area contributed by atoms with Crippen molar-refractivity contribution in [2.75, 3.05) is 0 Å². The van der Waals surface area contributed by atoms with E-state index in [1.807, 2.05) is 30.3 Å². The molecule has 174 valence electrons. The Kier molecular flexibility index (Phi) is 5.92. The highest BCUT2D eigenvalue weighted by atomic mass is 14.3. The second kappa shape index (κ2) is 9.67. The van der Waals surface area contributed by atoms with Crippen LogP contribution in [0.2, 0.25) is 0 Å². The van der Waals surface area contributed by atoms with Gasteiger partial charge < -0.3 is 0 Å². The van der Waals surface area contributed by atoms with Crippen molar-refractivity contribution in [3.63, 3.8) is 0 Å². The maximum Gasteiger partial charge on any atom is 0.115 e. The summed E-state index contributed by atoms with van der Waals surface area (Å²) >= 11 is 0. The van der Waals surface area contributed by atoms with Gasteiger partial charge >= 0.3 is 0 Å². The second-order valence-electron chi connectivity index (χ2n) is 9.43. The van der Waals surface area contributed by atoms with Crippen LogP contribution in [-0.4, -0.2) is 0 Å². The molecule has 2 aliphatic rings. The van der Waals surface area contributed by atoms with Crippen molar-refractivity contribution in [1.82, 2.24) is 0 Å². The molecule has 0 amide bonds. The van der Waals surface area contributed by atoms with Gasteiger partial charge in [-0.1, -0.05) is 137 Å². The monoisotopic (exact) mass is 470 g/mol. The number of rotatable bonds is 1. The first-order valence-electron chi connectivity index (χ1n) is 12.6. The summed E-state index contributed by atoms with van der Waals surface area (Å²) in [6.45, 7) is 4.32. The van der Waals surface area contributed by atoms with E-state index in [0.717, 1.165) is 22.6 Å². The Morgan fingerprint density at radius 3 is 1.68 bits per heavy atom. The van der Waals surface area contributed by atoms with Gasteiger partial charge in [-0.15, -0.1) is 0 Å². The summed E-state index contributed by atoms with van der Waals surface area (Å²) in [4.78, 5) is 0. The molecule has 0 atom stereocenters. The molecule has 0 radical (unpaired) electrons. The Balaban J connectivity index is 1.50. The predicted octanol–water partition coefficient (Wildman–Crippen LogP) is 8.51. The predicted molar refractivity (Wildman–Crippen MR) is 153 cm³/mol. The van der Waals surface area contributed by atoms with Gasteiger partial charge in [-0.25, -0.2) is 0 Å². The van der Waals surface area contributed by atoms with E-state index in [0.29, 0.717) is 0 Å². The number of fused-ring (bicyclic) bond motifs is 2. The molecule has 4 aromatic carbocycles. The Labute approximate surface area is 220 Å². The lowest BCUT2D eigenvalue weighted by molar-refractivity contribution is 1.18. The standard InChI is InChI=1S/C37H26/c1-26-23-29(22-21-28-13-5-3-6-14-28)24-27(2)35(26)25-36-31-17-9-11-19-33(31)37(30-15-7-4-8-16-30)34-20-12-10-18-32(34)36/h3-20,23-24H,1-2H3. The third-order valence-electron chi connectivity index (χ3n) is 6.90. The van der Waals surface area contributed by atoms with Gasteiger partial charge in [0.05, 0.1) is 11.5 Å². The van der Waals surface area contributed by atoms with Gasteiger partial charge in [0.25, 0.3) is 0 Å². The molecule has 0 N–H and O–H groups in total. The van der Waals surface area contributed by atoms with Crippen LogP contribution in [0.4, 0.5) is 0 Å². The lowest BCUT2D eigenvalue weighted by atomic mass is 9.72. The number of hydrogen-bond acceptors (Lipinski definition) is 0. The van der Waals surface area contributed by atoms with Crippen LogP contribution in [0, 0.1) is 23.7 Å². The van der Waals surface area contributed by atoms with E-state index in [1.165, 1.54) is 44.9 Å². The number of benzene rings is 4. The first-order chi connectivity index (χ1) is 18.2. The van der Waals surface area contributed by atoms with Crippen LogP contribution in [-0.2, 0) is 0 Å². The van der Waals surface area contributed by atoms with Crippen molar-refractivity contribution in [3.8, 4) is 11.8 Å². The van der Waals surface area contributed by atoms with Gasteiger partial charge in [0, 0.05) is 29.2 Å². The van der Waals surface area contributed by atoms with Gasteiger partial charge in [-0.2, -0.15) is 0 Å². The molecule has 4 aromatic rings. The van der Waals surface area contributed by atoms with Crippen LogP contribution in [0.15, 0.2) is 144 Å². The molecule has 0 saturated heterocycles. The van der Waals surface area contributed by atoms with Crippen molar-refractivity contribution in [2.45, 2.75) is 13.8 Å². The van der Waals surface area contributed by atoms with Crippen LogP contribution in [0.25, 0.3) is 5.57 Å². The summed E-state index contributed by atoms with van der Waals surface area (Å²) in [5.74, 6) is 8.93. The van der Waals surface area contributed by atoms with Crippen LogP contribution in [0.1, 0.15) is 47.2 Å². The molecule has 0 bridgehead atoms. The highest BCUT2D eigenvalue weighted by molar-refractivity contribution is 5.91. The largest absolute Gasteiger partial charge is 0.115 e. The van der Waals surface area contributed by atoms with Crippen molar-refractivity contribution in [2.24, 2.45) is 0 Å². The fraction of sp³-hybridized carbons (Fsp3) is 0.0541. The molecule has 0 aliphatic heterocycles. The molecule has 0 heteroatoms. The molecular weight excluding hydrogens is 444 g/mol. The molecule has 37 heavy (non-hydrogen) atoms. The van der Waals surface area contributed by atoms with E-state index in [-0.39, 0.29) is 0 Å². The van der Waals surface area contributed by atoms with Gasteiger partial charge in [0.2, 0.25) is 0 Å². The third-order valence-corrected chi connectivity index (χ3v) is 6.90. The minimum Gasteiger partial charge on any atom is -0.0999 e. The SMILES string of the molecule is CC1=C[C+](C#Cc2ccccc2)C=C(C)C1=C=C1c2ccccc2[C-](c2ccccc2)c2ccccc21. The lowest BCUT2D eigenvalue weighted by Crippen LogP contribution is -2.15. The van der Waals surface area contributed by atoms with Crippen molar-refractivity contribution < 1.29 is 0 Å². The highest BCUT2D eigenvalue weighted by Crippen LogP contribution is 2.45. The zero-order valence-corrected chi connectivity index (χ0v) is 21.0. The van der Waals surface area contributed by atoms with Crippen molar-refractivity contribution in [3.05, 3.63) is 189 Å². The highest BCUT2D eigenvalue weighted by Gasteiger charge is 2.25. The van der Waals surface area contributed by atoms with Gasteiger partial charge in [-0.3, -0.25) is 0 Å². The molecule has 0 aromatic heterocycles. The molecule has 0 nitrogen and oxygen atoms in total. The van der Waals surface area contributed by atoms with E-state index in [4.69, 9.17) is 0 Å². The summed E-state index contributed by atoms with van der Waals surface area (Å²) in [6, 6.07) is 38.2. The summed E-state index contributed by atoms with van der Waals surface area (Å²) in [5, 5.41) is 0. The molecule has 0 fully saturated rings. The summed E-state index contributed by atoms with van der Waals surface area (Å²) < 4.78 is 0. The Morgan fingerprint density at radius 1 is 0.568 bits per heavy atom. The van der Waals surface area contributed by atoms with E-state index < -0.39 is 0 Å². The molecule has 0 unspecified atom stereocenters. The smallest absolute Gasteiger partial charge is 0.0999 e. The van der Waals surface area contributed by atoms with E-state index in [2.05, 4.69) is 122 Å². The molecule has 0 saturated carbocycles. The topological polar surface area (TPSA) is 0 Å². The van der Waals surface area contributed by atoms with Crippen LogP contribution >= 0.6 is 0 Å². The zero-order valence-electron chi connectivity index (χ0n) is 21.0. The molecule has 0 heterocycles. The average molecular weight is 471 g/mol. The molecular formula is C37H26. The maximum absolute atomic E-state index is 3.86. The minimum atomic E-state index is 1.02. The molecule has 2 aliphatic carbocycles. The van der Waals surface area contributed by atoms with E-state index in [1.54, 1.807) is 0 Å². The summed E-state index contributed by atoms with van der Waals surface area (Å²) in [5.41, 5.74) is 15.7. The van der Waals surface area contributed by atoms with Crippen molar-refractivity contribution in [1.29, 1.82) is 0 Å². The van der Waals surface area contributed by atoms with Gasteiger partial charge in [-0.05, 0) is 31.6 Å². The number of allylic oxidation sites excluding steroid dienone is 5. The fourth-order valence-electron chi connectivity index (χ4n) is 5.20. The lowest BCUT2D eigenvalue weighted by Gasteiger charge is -2.35. The molecule has 6 rings (SSSR count). The second-order valence-corrected chi connectivity index (χ2v) is 9.43. The Bertz CT molecular complexity index is 1590. The van der Waals surface area contributed by atoms with Crippen molar-refractivity contribution >= 4 is 5.57 Å². The van der Waals surface area contributed by atoms with E-state index >= 15 is 0 Å². The van der Waals surface area contributed by atoms with E-state index in [9.17, 15) is 0 Å². The van der Waals surface area contributed by atoms with Gasteiger partial charge in [0.1, 0.15) is 11.5 Å². The maximum atomic E-state index is 3.86. The minimum absolute atomic E-state index is 1.02. The normalized spacial score (nSPS) is 14.0. The average Bonchev–Trinajstić information content (AvgIpc) is 2.94. The Morgan fingerprint density at radius 2 is 1.08 bits per heavy atom. The van der Waals surface area contributed by atoms with Crippen LogP contribution in [0.5, 0.6) is 0 Å². The molecule has 0 spiro atoms.